The second-order valence-corrected chi connectivity index (χ2v) is 13.2. The van der Waals surface area contributed by atoms with Crippen molar-refractivity contribution in [1.82, 2.24) is 0 Å². The van der Waals surface area contributed by atoms with E-state index in [0.717, 1.165) is 36.0 Å². The van der Waals surface area contributed by atoms with Crippen LogP contribution in [-0.2, 0) is 12.8 Å². The summed E-state index contributed by atoms with van der Waals surface area (Å²) >= 11 is 0. The van der Waals surface area contributed by atoms with Crippen molar-refractivity contribution in [1.29, 1.82) is 0 Å². The fraction of sp³-hybridized carbons (Fsp3) is 0.429. The Labute approximate surface area is 280 Å². The quantitative estimate of drug-likeness (QED) is 0.0675. The molecule has 0 N–H and O–H groups in total. The van der Waals surface area contributed by atoms with Gasteiger partial charge in [-0.2, -0.15) is 0 Å². The highest BCUT2D eigenvalue weighted by atomic mass is 31.2. The van der Waals surface area contributed by atoms with Crippen LogP contribution >= 0.6 is 8.60 Å². The van der Waals surface area contributed by atoms with Gasteiger partial charge in [0, 0.05) is 5.56 Å². The molecule has 0 radical (unpaired) electrons. The molecule has 0 atom stereocenters. The minimum atomic E-state index is -3.04. The number of benzene rings is 4. The second kappa shape index (κ2) is 20.3. The molecule has 0 saturated carbocycles. The van der Waals surface area contributed by atoms with E-state index >= 15 is 0 Å². The Morgan fingerprint density at radius 1 is 0.435 bits per heavy atom. The Hall–Kier alpha value is -2.97. The highest BCUT2D eigenvalue weighted by molar-refractivity contribution is 7.36. The molecule has 46 heavy (non-hydrogen) atoms. The van der Waals surface area contributed by atoms with E-state index in [0.29, 0.717) is 5.75 Å². The first-order valence-electron chi connectivity index (χ1n) is 17.8. The first kappa shape index (κ1) is 35.9. The lowest BCUT2D eigenvalue weighted by Crippen LogP contribution is -2.13. The number of unbranched alkanes of at least 4 members (excludes halogenated alkanes) is 12. The van der Waals surface area contributed by atoms with Gasteiger partial charge in [-0.1, -0.05) is 184 Å². The van der Waals surface area contributed by atoms with Crippen LogP contribution in [0.25, 0.3) is 33.4 Å². The smallest absolute Gasteiger partial charge is 0.127 e. The lowest BCUT2D eigenvalue weighted by atomic mass is 9.83. The third-order valence-corrected chi connectivity index (χ3v) is 9.45. The van der Waals surface area contributed by atoms with Crippen LogP contribution in [0.5, 0.6) is 5.75 Å². The molecule has 0 aliphatic heterocycles. The van der Waals surface area contributed by atoms with Gasteiger partial charge in [0.05, 0.1) is 0 Å². The van der Waals surface area contributed by atoms with Crippen LogP contribution in [0.2, 0.25) is 0 Å². The number of para-hydroxylation sites is 1. The standard InChI is InChI=1S/C42H53O3P/c1-3-5-7-9-11-13-15-24-34-26-17-19-28-36(34)39-31-23-32-40(38-30-21-22-33-41(38)45-46(43)44)42(39)37-29-20-18-27-35(37)25-16-14-12-10-8-6-4-2/h17-23,26-33H,3-16,24-25H2,1-2H3/q-2. The summed E-state index contributed by atoms with van der Waals surface area (Å²) in [5, 5.41) is 0. The van der Waals surface area contributed by atoms with Crippen molar-refractivity contribution in [3.05, 3.63) is 102 Å². The second-order valence-electron chi connectivity index (χ2n) is 12.6. The van der Waals surface area contributed by atoms with Crippen LogP contribution in [0, 0.1) is 0 Å². The van der Waals surface area contributed by atoms with Crippen molar-refractivity contribution in [2.75, 3.05) is 0 Å². The number of hydrogen-bond acceptors (Lipinski definition) is 3. The van der Waals surface area contributed by atoms with Gasteiger partial charge in [-0.25, -0.2) is 0 Å². The molecule has 0 aliphatic carbocycles. The average Bonchev–Trinajstić information content (AvgIpc) is 3.07. The Balaban J connectivity index is 1.73. The third-order valence-electron chi connectivity index (χ3n) is 9.11. The molecule has 4 aromatic carbocycles. The summed E-state index contributed by atoms with van der Waals surface area (Å²) in [4.78, 5) is 23.5. The van der Waals surface area contributed by atoms with Gasteiger partial charge in [0.2, 0.25) is 0 Å². The molecule has 4 aromatic rings. The average molecular weight is 637 g/mol. The molecule has 4 rings (SSSR count). The van der Waals surface area contributed by atoms with Crippen LogP contribution in [0.1, 0.15) is 115 Å². The minimum Gasteiger partial charge on any atom is -0.810 e. The van der Waals surface area contributed by atoms with Crippen LogP contribution < -0.4 is 14.3 Å². The normalized spacial score (nSPS) is 11.3. The Kier molecular flexibility index (Phi) is 15.8. The monoisotopic (exact) mass is 636 g/mol. The van der Waals surface area contributed by atoms with Gasteiger partial charge >= 0.3 is 0 Å². The molecular weight excluding hydrogens is 583 g/mol. The van der Waals surface area contributed by atoms with Crippen molar-refractivity contribution in [2.24, 2.45) is 0 Å². The fourth-order valence-corrected chi connectivity index (χ4v) is 6.99. The molecule has 0 heterocycles. The zero-order valence-electron chi connectivity index (χ0n) is 28.1. The molecule has 0 aromatic heterocycles. The lowest BCUT2D eigenvalue weighted by molar-refractivity contribution is -0.310. The maximum atomic E-state index is 11.7. The van der Waals surface area contributed by atoms with Crippen molar-refractivity contribution in [3.63, 3.8) is 0 Å². The van der Waals surface area contributed by atoms with Gasteiger partial charge in [-0.3, -0.25) is 0 Å². The first-order valence-corrected chi connectivity index (χ1v) is 18.9. The molecule has 246 valence electrons. The Morgan fingerprint density at radius 3 is 1.41 bits per heavy atom. The van der Waals surface area contributed by atoms with Crippen molar-refractivity contribution >= 4 is 8.60 Å². The summed E-state index contributed by atoms with van der Waals surface area (Å²) in [5.74, 6) is 0.359. The van der Waals surface area contributed by atoms with Gasteiger partial charge in [0.25, 0.3) is 0 Å². The van der Waals surface area contributed by atoms with E-state index in [2.05, 4.69) is 80.6 Å². The molecule has 0 bridgehead atoms. The SMILES string of the molecule is CCCCCCCCCc1ccccc1-c1cccc(-c2ccccc2OP([O-])[O-])c1-c1ccccc1CCCCCCCCC. The summed E-state index contributed by atoms with van der Waals surface area (Å²) < 4.78 is 5.36. The molecule has 0 fully saturated rings. The molecule has 4 heteroatoms. The van der Waals surface area contributed by atoms with Gasteiger partial charge in [0.15, 0.2) is 0 Å². The Bertz CT molecular complexity index is 1450. The zero-order valence-corrected chi connectivity index (χ0v) is 29.0. The van der Waals surface area contributed by atoms with Crippen LogP contribution in [0.15, 0.2) is 91.0 Å². The molecule has 0 spiro atoms. The van der Waals surface area contributed by atoms with Gasteiger partial charge in [0.1, 0.15) is 5.75 Å². The number of hydrogen-bond donors (Lipinski definition) is 0. The van der Waals surface area contributed by atoms with E-state index in [9.17, 15) is 9.79 Å². The van der Waals surface area contributed by atoms with E-state index in [1.165, 1.54) is 111 Å². The topological polar surface area (TPSA) is 55.3 Å². The maximum Gasteiger partial charge on any atom is 0.127 e. The molecular formula is C42H53O3P-2. The summed E-state index contributed by atoms with van der Waals surface area (Å²) in [7, 11) is -3.04. The van der Waals surface area contributed by atoms with Gasteiger partial charge in [-0.15, -0.1) is 0 Å². The molecule has 0 saturated heterocycles. The first-order chi connectivity index (χ1) is 22.6. The predicted molar refractivity (Wildman–Crippen MR) is 194 cm³/mol. The summed E-state index contributed by atoms with van der Waals surface area (Å²) in [5.41, 5.74) is 9.27. The molecule has 3 nitrogen and oxygen atoms in total. The predicted octanol–water partition coefficient (Wildman–Crippen LogP) is 11.6. The van der Waals surface area contributed by atoms with Crippen molar-refractivity contribution in [2.45, 2.75) is 117 Å². The third kappa shape index (κ3) is 10.8. The van der Waals surface area contributed by atoms with E-state index in [1.54, 1.807) is 6.07 Å². The number of aryl methyl sites for hydroxylation is 2. The maximum absolute atomic E-state index is 11.7. The summed E-state index contributed by atoms with van der Waals surface area (Å²) in [6.07, 6.45) is 20.0. The molecule has 0 aliphatic rings. The zero-order chi connectivity index (χ0) is 32.4. The van der Waals surface area contributed by atoms with Crippen LogP contribution in [-0.4, -0.2) is 0 Å². The van der Waals surface area contributed by atoms with Crippen molar-refractivity contribution < 1.29 is 14.3 Å². The highest BCUT2D eigenvalue weighted by Crippen LogP contribution is 2.46. The fourth-order valence-electron chi connectivity index (χ4n) is 6.67. The summed E-state index contributed by atoms with van der Waals surface area (Å²) in [6, 6.07) is 31.6. The van der Waals surface area contributed by atoms with Gasteiger partial charge < -0.3 is 14.3 Å². The van der Waals surface area contributed by atoms with E-state index < -0.39 is 8.60 Å². The van der Waals surface area contributed by atoms with Crippen molar-refractivity contribution in [3.8, 4) is 39.1 Å². The van der Waals surface area contributed by atoms with Crippen LogP contribution in [0.4, 0.5) is 0 Å². The lowest BCUT2D eigenvalue weighted by Gasteiger charge is -2.31. The molecule has 0 amide bonds. The number of rotatable bonds is 21. The van der Waals surface area contributed by atoms with E-state index in [4.69, 9.17) is 4.52 Å². The minimum absolute atomic E-state index is 0.359. The Morgan fingerprint density at radius 2 is 0.848 bits per heavy atom. The van der Waals surface area contributed by atoms with E-state index in [-0.39, 0.29) is 0 Å². The van der Waals surface area contributed by atoms with Gasteiger partial charge in [-0.05, 0) is 70.7 Å². The van der Waals surface area contributed by atoms with E-state index in [1.807, 2.05) is 18.2 Å². The molecule has 0 unspecified atom stereocenters. The highest BCUT2D eigenvalue weighted by Gasteiger charge is 2.20. The van der Waals surface area contributed by atoms with Crippen LogP contribution in [0.3, 0.4) is 0 Å². The largest absolute Gasteiger partial charge is 0.810 e. The summed E-state index contributed by atoms with van der Waals surface area (Å²) in [6.45, 7) is 4.53.